The predicted octanol–water partition coefficient (Wildman–Crippen LogP) is 2.80. The van der Waals surface area contributed by atoms with Crippen LogP contribution in [0.15, 0.2) is 18.2 Å². The van der Waals surface area contributed by atoms with Gasteiger partial charge in [0.2, 0.25) is 5.91 Å². The van der Waals surface area contributed by atoms with E-state index in [1.54, 1.807) is 25.3 Å². The minimum atomic E-state index is -0.318. The average molecular weight is 331 g/mol. The summed E-state index contributed by atoms with van der Waals surface area (Å²) in [5.74, 6) is 0.513. The Balaban J connectivity index is 2.06. The van der Waals surface area contributed by atoms with Crippen LogP contribution in [0.4, 0.5) is 0 Å². The fourth-order valence-electron chi connectivity index (χ4n) is 2.71. The molecule has 2 atom stereocenters. The van der Waals surface area contributed by atoms with E-state index < -0.39 is 0 Å². The van der Waals surface area contributed by atoms with Crippen LogP contribution in [-0.4, -0.2) is 28.3 Å². The summed E-state index contributed by atoms with van der Waals surface area (Å²) in [6.45, 7) is 7.62. The number of nitrogens with zero attached hydrogens (tertiary/aromatic N) is 1. The largest absolute Gasteiger partial charge is 0.508 e. The van der Waals surface area contributed by atoms with Gasteiger partial charge in [0.1, 0.15) is 11.5 Å². The number of benzene rings is 1. The van der Waals surface area contributed by atoms with Crippen molar-refractivity contribution >= 4 is 5.91 Å². The third kappa shape index (κ3) is 3.88. The molecule has 0 fully saturated rings. The highest BCUT2D eigenvalue weighted by Gasteiger charge is 2.20. The summed E-state index contributed by atoms with van der Waals surface area (Å²) < 4.78 is 5.17. The normalized spacial score (nSPS) is 13.4. The van der Waals surface area contributed by atoms with Crippen molar-refractivity contribution in [3.05, 3.63) is 40.7 Å². The number of methoxy groups -OCH3 is 1. The molecular formula is C18H25N3O3. The number of H-pyrrole nitrogens is 1. The first-order valence-electron chi connectivity index (χ1n) is 8.01. The number of phenolic OH excluding ortho intramolecular Hbond substituents is 1. The molecule has 0 aliphatic carbocycles. The molecule has 6 heteroatoms. The van der Waals surface area contributed by atoms with Gasteiger partial charge in [0, 0.05) is 17.2 Å². The highest BCUT2D eigenvalue weighted by molar-refractivity contribution is 5.79. The van der Waals surface area contributed by atoms with Gasteiger partial charge < -0.3 is 15.2 Å². The number of aromatic hydroxyl groups is 1. The van der Waals surface area contributed by atoms with Gasteiger partial charge in [-0.1, -0.05) is 6.92 Å². The molecule has 2 rings (SSSR count). The fraction of sp³-hybridized carbons (Fsp3) is 0.444. The van der Waals surface area contributed by atoms with E-state index in [4.69, 9.17) is 4.74 Å². The molecule has 0 spiro atoms. The topological polar surface area (TPSA) is 87.2 Å². The number of aromatic amines is 1. The van der Waals surface area contributed by atoms with Crippen LogP contribution in [0.25, 0.3) is 0 Å². The van der Waals surface area contributed by atoms with Gasteiger partial charge in [-0.05, 0) is 51.0 Å². The van der Waals surface area contributed by atoms with Crippen molar-refractivity contribution in [3.8, 4) is 11.5 Å². The number of phenols is 1. The van der Waals surface area contributed by atoms with E-state index in [0.29, 0.717) is 17.7 Å². The number of aryl methyl sites for hydroxylation is 2. The zero-order chi connectivity index (χ0) is 17.9. The van der Waals surface area contributed by atoms with Gasteiger partial charge in [-0.15, -0.1) is 0 Å². The number of carbonyl (C=O) groups is 1. The van der Waals surface area contributed by atoms with Crippen LogP contribution in [0.3, 0.4) is 0 Å². The molecule has 1 aromatic heterocycles. The molecule has 6 nitrogen and oxygen atoms in total. The van der Waals surface area contributed by atoms with E-state index in [2.05, 4.69) is 15.5 Å². The second-order valence-corrected chi connectivity index (χ2v) is 6.17. The van der Waals surface area contributed by atoms with E-state index in [0.717, 1.165) is 17.0 Å². The first kappa shape index (κ1) is 17.8. The summed E-state index contributed by atoms with van der Waals surface area (Å²) in [6, 6.07) is 4.66. The van der Waals surface area contributed by atoms with Crippen molar-refractivity contribution < 1.29 is 14.6 Å². The molecule has 0 saturated heterocycles. The van der Waals surface area contributed by atoms with Gasteiger partial charge >= 0.3 is 0 Å². The van der Waals surface area contributed by atoms with Crippen LogP contribution in [0.5, 0.6) is 11.5 Å². The van der Waals surface area contributed by atoms with Gasteiger partial charge in [-0.3, -0.25) is 9.89 Å². The van der Waals surface area contributed by atoms with E-state index >= 15 is 0 Å². The van der Waals surface area contributed by atoms with Gasteiger partial charge in [0.15, 0.2) is 0 Å². The van der Waals surface area contributed by atoms with Gasteiger partial charge in [-0.2, -0.15) is 5.10 Å². The monoisotopic (exact) mass is 331 g/mol. The Kier molecular flexibility index (Phi) is 5.49. The molecule has 0 aliphatic heterocycles. The molecule has 0 unspecified atom stereocenters. The molecule has 1 amide bonds. The maximum absolute atomic E-state index is 12.5. The van der Waals surface area contributed by atoms with Gasteiger partial charge in [0.25, 0.3) is 0 Å². The summed E-state index contributed by atoms with van der Waals surface area (Å²) in [5.41, 5.74) is 3.62. The molecule has 24 heavy (non-hydrogen) atoms. The number of rotatable bonds is 6. The van der Waals surface area contributed by atoms with Crippen LogP contribution >= 0.6 is 0 Å². The highest BCUT2D eigenvalue weighted by atomic mass is 16.5. The zero-order valence-electron chi connectivity index (χ0n) is 14.8. The number of amides is 1. The number of carbonyl (C=O) groups excluding carboxylic acids is 1. The number of aromatic nitrogens is 2. The second-order valence-electron chi connectivity index (χ2n) is 6.17. The van der Waals surface area contributed by atoms with E-state index in [-0.39, 0.29) is 23.6 Å². The lowest BCUT2D eigenvalue weighted by Gasteiger charge is -2.19. The Morgan fingerprint density at radius 2 is 2.08 bits per heavy atom. The van der Waals surface area contributed by atoms with Gasteiger partial charge in [-0.25, -0.2) is 0 Å². The van der Waals surface area contributed by atoms with E-state index in [1.807, 2.05) is 27.7 Å². The molecule has 130 valence electrons. The van der Waals surface area contributed by atoms with Crippen LogP contribution in [0.1, 0.15) is 42.4 Å². The van der Waals surface area contributed by atoms with Crippen LogP contribution < -0.4 is 10.1 Å². The molecule has 2 aromatic rings. The van der Waals surface area contributed by atoms with Crippen molar-refractivity contribution in [2.45, 2.75) is 40.2 Å². The predicted molar refractivity (Wildman–Crippen MR) is 92.1 cm³/mol. The van der Waals surface area contributed by atoms with E-state index in [1.165, 1.54) is 0 Å². The lowest BCUT2D eigenvalue weighted by atomic mass is 9.98. The molecule has 0 bridgehead atoms. The first-order valence-corrected chi connectivity index (χ1v) is 8.01. The maximum Gasteiger partial charge on any atom is 0.223 e. The second kappa shape index (κ2) is 7.38. The smallest absolute Gasteiger partial charge is 0.223 e. The Labute approximate surface area is 142 Å². The molecule has 1 aromatic carbocycles. The SMILES string of the molecule is COc1ccc(O)c([C@@H](C)NC(=O)[C@@H](C)Cc2c(C)n[nH]c2C)c1. The number of hydrogen-bond donors (Lipinski definition) is 3. The van der Waals surface area contributed by atoms with Crippen molar-refractivity contribution in [1.82, 2.24) is 15.5 Å². The Morgan fingerprint density at radius 1 is 1.38 bits per heavy atom. The number of ether oxygens (including phenoxy) is 1. The third-order valence-corrected chi connectivity index (χ3v) is 4.30. The van der Waals surface area contributed by atoms with Crippen LogP contribution in [0, 0.1) is 19.8 Å². The Hall–Kier alpha value is -2.50. The summed E-state index contributed by atoms with van der Waals surface area (Å²) >= 11 is 0. The van der Waals surface area contributed by atoms with E-state index in [9.17, 15) is 9.90 Å². The number of nitrogens with one attached hydrogen (secondary N) is 2. The summed E-state index contributed by atoms with van der Waals surface area (Å²) in [4.78, 5) is 12.5. The van der Waals surface area contributed by atoms with Crippen molar-refractivity contribution in [2.75, 3.05) is 7.11 Å². The molecule has 0 aliphatic rings. The van der Waals surface area contributed by atoms with Crippen LogP contribution in [-0.2, 0) is 11.2 Å². The molecule has 0 saturated carbocycles. The average Bonchev–Trinajstić information content (AvgIpc) is 2.87. The zero-order valence-corrected chi connectivity index (χ0v) is 14.8. The summed E-state index contributed by atoms with van der Waals surface area (Å²) in [6.07, 6.45) is 0.622. The maximum atomic E-state index is 12.5. The lowest BCUT2D eigenvalue weighted by molar-refractivity contribution is -0.125. The quantitative estimate of drug-likeness (QED) is 0.759. The lowest BCUT2D eigenvalue weighted by Crippen LogP contribution is -2.32. The molecule has 1 heterocycles. The van der Waals surface area contributed by atoms with Gasteiger partial charge in [0.05, 0.1) is 18.8 Å². The van der Waals surface area contributed by atoms with Crippen molar-refractivity contribution in [1.29, 1.82) is 0 Å². The number of hydrogen-bond acceptors (Lipinski definition) is 4. The molecule has 3 N–H and O–H groups in total. The molecule has 0 radical (unpaired) electrons. The summed E-state index contributed by atoms with van der Waals surface area (Å²) in [7, 11) is 1.57. The summed E-state index contributed by atoms with van der Waals surface area (Å²) in [5, 5.41) is 20.1. The molecular weight excluding hydrogens is 306 g/mol. The fourth-order valence-corrected chi connectivity index (χ4v) is 2.71. The third-order valence-electron chi connectivity index (χ3n) is 4.30. The Morgan fingerprint density at radius 3 is 2.67 bits per heavy atom. The first-order chi connectivity index (χ1) is 11.3. The standard InChI is InChI=1S/C18H25N3O3/c1-10(8-15-12(3)20-21-13(15)4)18(23)19-11(2)16-9-14(24-5)6-7-17(16)22/h6-7,9-11,22H,8H2,1-5H3,(H,19,23)(H,20,21)/t10-,11+/m0/s1. The van der Waals surface area contributed by atoms with Crippen LogP contribution in [0.2, 0.25) is 0 Å². The van der Waals surface area contributed by atoms with Crippen molar-refractivity contribution in [3.63, 3.8) is 0 Å². The highest BCUT2D eigenvalue weighted by Crippen LogP contribution is 2.28. The minimum absolute atomic E-state index is 0.0651. The van der Waals surface area contributed by atoms with Crippen molar-refractivity contribution in [2.24, 2.45) is 5.92 Å². The minimum Gasteiger partial charge on any atom is -0.508 e. The Bertz CT molecular complexity index is 705.